The number of rotatable bonds is 4. The Hall–Kier alpha value is -0.820. The molecule has 0 unspecified atom stereocenters. The molecule has 1 aliphatic heterocycles. The molecule has 0 aliphatic carbocycles. The first-order valence-electron chi connectivity index (χ1n) is 8.29. The number of hydrogen-bond donors (Lipinski definition) is 0. The zero-order valence-corrected chi connectivity index (χ0v) is 13.9. The van der Waals surface area contributed by atoms with Crippen LogP contribution in [0.5, 0.6) is 0 Å². The molecule has 0 radical (unpaired) electrons. The average Bonchev–Trinajstić information content (AvgIpc) is 2.41. The third-order valence-corrected chi connectivity index (χ3v) is 4.95. The van der Waals surface area contributed by atoms with Gasteiger partial charge in [-0.05, 0) is 67.3 Å². The Morgan fingerprint density at radius 1 is 1.10 bits per heavy atom. The van der Waals surface area contributed by atoms with E-state index in [1.165, 1.54) is 42.6 Å². The van der Waals surface area contributed by atoms with Crippen molar-refractivity contribution in [3.63, 3.8) is 0 Å². The van der Waals surface area contributed by atoms with Crippen LogP contribution >= 0.6 is 0 Å². The summed E-state index contributed by atoms with van der Waals surface area (Å²) in [5.74, 6) is 2.42. The van der Waals surface area contributed by atoms with Gasteiger partial charge in [-0.15, -0.1) is 0 Å². The maximum Gasteiger partial charge on any atom is 0.0233 e. The van der Waals surface area contributed by atoms with Crippen molar-refractivity contribution in [1.82, 2.24) is 4.90 Å². The highest BCUT2D eigenvalue weighted by Gasteiger charge is 2.21. The van der Waals surface area contributed by atoms with E-state index in [-0.39, 0.29) is 0 Å². The second-order valence-corrected chi connectivity index (χ2v) is 7.20. The van der Waals surface area contributed by atoms with Gasteiger partial charge in [-0.1, -0.05) is 45.9 Å². The quantitative estimate of drug-likeness (QED) is 0.747. The van der Waals surface area contributed by atoms with E-state index in [9.17, 15) is 0 Å². The monoisotopic (exact) mass is 273 g/mol. The molecule has 2 rings (SSSR count). The van der Waals surface area contributed by atoms with Gasteiger partial charge in [0.1, 0.15) is 0 Å². The summed E-state index contributed by atoms with van der Waals surface area (Å²) in [6.45, 7) is 15.2. The molecule has 0 bridgehead atoms. The van der Waals surface area contributed by atoms with Crippen molar-refractivity contribution in [3.8, 4) is 0 Å². The minimum Gasteiger partial charge on any atom is -0.299 e. The molecule has 1 nitrogen and oxygen atoms in total. The Balaban J connectivity index is 1.96. The summed E-state index contributed by atoms with van der Waals surface area (Å²) < 4.78 is 0. The minimum absolute atomic E-state index is 0.627. The average molecular weight is 273 g/mol. The van der Waals surface area contributed by atoms with Crippen LogP contribution in [0.15, 0.2) is 18.2 Å². The van der Waals surface area contributed by atoms with Crippen LogP contribution in [0.25, 0.3) is 0 Å². The fraction of sp³-hybridized carbons (Fsp3) is 0.684. The molecule has 20 heavy (non-hydrogen) atoms. The third kappa shape index (κ3) is 3.85. The Kier molecular flexibility index (Phi) is 5.26. The Morgan fingerprint density at radius 3 is 2.30 bits per heavy atom. The van der Waals surface area contributed by atoms with Crippen LogP contribution in [0.1, 0.15) is 63.1 Å². The molecule has 0 saturated carbocycles. The second-order valence-electron chi connectivity index (χ2n) is 7.20. The topological polar surface area (TPSA) is 3.24 Å². The molecule has 1 aromatic carbocycles. The molecule has 1 fully saturated rings. The summed E-state index contributed by atoms with van der Waals surface area (Å²) in [4.78, 5) is 2.63. The number of aryl methyl sites for hydroxylation is 1. The predicted molar refractivity (Wildman–Crippen MR) is 88.1 cm³/mol. The van der Waals surface area contributed by atoms with Gasteiger partial charge in [-0.3, -0.25) is 4.90 Å². The molecule has 1 aliphatic rings. The number of piperidine rings is 1. The lowest BCUT2D eigenvalue weighted by atomic mass is 9.86. The maximum absolute atomic E-state index is 2.63. The van der Waals surface area contributed by atoms with Gasteiger partial charge in [0, 0.05) is 6.54 Å². The fourth-order valence-corrected chi connectivity index (χ4v) is 3.45. The highest BCUT2D eigenvalue weighted by Crippen LogP contribution is 2.26. The lowest BCUT2D eigenvalue weighted by Crippen LogP contribution is -2.34. The largest absolute Gasteiger partial charge is 0.299 e. The summed E-state index contributed by atoms with van der Waals surface area (Å²) in [6, 6.07) is 7.04. The van der Waals surface area contributed by atoms with Crippen LogP contribution in [-0.4, -0.2) is 18.0 Å². The predicted octanol–water partition coefficient (Wildman–Crippen LogP) is 4.99. The van der Waals surface area contributed by atoms with Gasteiger partial charge in [-0.2, -0.15) is 0 Å². The first-order chi connectivity index (χ1) is 9.47. The van der Waals surface area contributed by atoms with E-state index in [0.29, 0.717) is 5.92 Å². The molecule has 1 heteroatoms. The van der Waals surface area contributed by atoms with Crippen LogP contribution in [0.4, 0.5) is 0 Å². The number of benzene rings is 1. The number of nitrogens with zero attached hydrogens (tertiary/aromatic N) is 1. The van der Waals surface area contributed by atoms with Gasteiger partial charge < -0.3 is 0 Å². The first-order valence-corrected chi connectivity index (χ1v) is 8.29. The molecule has 112 valence electrons. The Bertz CT molecular complexity index is 425. The molecule has 1 saturated heterocycles. The van der Waals surface area contributed by atoms with Crippen molar-refractivity contribution >= 4 is 0 Å². The van der Waals surface area contributed by atoms with E-state index in [0.717, 1.165) is 18.4 Å². The van der Waals surface area contributed by atoms with Gasteiger partial charge in [0.2, 0.25) is 0 Å². The zero-order chi connectivity index (χ0) is 14.7. The Labute approximate surface area is 125 Å². The molecule has 1 heterocycles. The summed E-state index contributed by atoms with van der Waals surface area (Å²) in [5, 5.41) is 0. The summed E-state index contributed by atoms with van der Waals surface area (Å²) >= 11 is 0. The van der Waals surface area contributed by atoms with Crippen molar-refractivity contribution in [1.29, 1.82) is 0 Å². The smallest absolute Gasteiger partial charge is 0.0233 e. The van der Waals surface area contributed by atoms with E-state index in [4.69, 9.17) is 0 Å². The van der Waals surface area contributed by atoms with Gasteiger partial charge in [0.15, 0.2) is 0 Å². The van der Waals surface area contributed by atoms with Gasteiger partial charge in [0.05, 0.1) is 0 Å². The van der Waals surface area contributed by atoms with Crippen LogP contribution in [0.3, 0.4) is 0 Å². The molecular weight excluding hydrogens is 242 g/mol. The first kappa shape index (κ1) is 15.6. The lowest BCUT2D eigenvalue weighted by Gasteiger charge is -2.34. The van der Waals surface area contributed by atoms with Crippen LogP contribution in [0, 0.1) is 18.8 Å². The molecule has 0 atom stereocenters. The second kappa shape index (κ2) is 6.76. The van der Waals surface area contributed by atoms with Crippen molar-refractivity contribution in [2.75, 3.05) is 13.1 Å². The van der Waals surface area contributed by atoms with Gasteiger partial charge in [-0.25, -0.2) is 0 Å². The van der Waals surface area contributed by atoms with Gasteiger partial charge in [0.25, 0.3) is 0 Å². The van der Waals surface area contributed by atoms with E-state index >= 15 is 0 Å². The van der Waals surface area contributed by atoms with Gasteiger partial charge >= 0.3 is 0 Å². The van der Waals surface area contributed by atoms with Crippen molar-refractivity contribution < 1.29 is 0 Å². The maximum atomic E-state index is 2.63. The molecule has 0 spiro atoms. The highest BCUT2D eigenvalue weighted by molar-refractivity contribution is 5.33. The van der Waals surface area contributed by atoms with E-state index in [1.54, 1.807) is 0 Å². The van der Waals surface area contributed by atoms with Crippen molar-refractivity contribution in [3.05, 3.63) is 34.9 Å². The van der Waals surface area contributed by atoms with E-state index in [1.807, 2.05) is 0 Å². The number of likely N-dealkylation sites (tertiary alicyclic amines) is 1. The molecule has 1 aromatic rings. The Morgan fingerprint density at radius 2 is 1.75 bits per heavy atom. The SMILES string of the molecule is Cc1ccc(CN2CCC(C(C)C)CC2)cc1C(C)C. The summed E-state index contributed by atoms with van der Waals surface area (Å²) in [5.41, 5.74) is 4.43. The van der Waals surface area contributed by atoms with Crippen molar-refractivity contribution in [2.45, 2.75) is 59.9 Å². The van der Waals surface area contributed by atoms with Crippen LogP contribution in [-0.2, 0) is 6.54 Å². The number of hydrogen-bond acceptors (Lipinski definition) is 1. The fourth-order valence-electron chi connectivity index (χ4n) is 3.45. The summed E-state index contributed by atoms with van der Waals surface area (Å²) in [7, 11) is 0. The highest BCUT2D eigenvalue weighted by atomic mass is 15.1. The lowest BCUT2D eigenvalue weighted by molar-refractivity contribution is 0.152. The van der Waals surface area contributed by atoms with Crippen LogP contribution in [0.2, 0.25) is 0 Å². The molecule has 0 aromatic heterocycles. The summed E-state index contributed by atoms with van der Waals surface area (Å²) in [6.07, 6.45) is 2.75. The van der Waals surface area contributed by atoms with Crippen molar-refractivity contribution in [2.24, 2.45) is 11.8 Å². The minimum atomic E-state index is 0.627. The molecule has 0 N–H and O–H groups in total. The third-order valence-electron chi connectivity index (χ3n) is 4.95. The van der Waals surface area contributed by atoms with E-state index in [2.05, 4.69) is 57.7 Å². The zero-order valence-electron chi connectivity index (χ0n) is 13.9. The standard InChI is InChI=1S/C19H31N/c1-14(2)18-8-10-20(11-9-18)13-17-7-6-16(5)19(12-17)15(3)4/h6-7,12,14-15,18H,8-11,13H2,1-5H3. The van der Waals surface area contributed by atoms with E-state index < -0.39 is 0 Å². The van der Waals surface area contributed by atoms with Crippen LogP contribution < -0.4 is 0 Å². The normalized spacial score (nSPS) is 18.1. The molecular formula is C19H31N. The molecule has 0 amide bonds.